The molecule has 9 heteroatoms. The largest absolute Gasteiger partial charge is 0.510 e. The van der Waals surface area contributed by atoms with Crippen molar-refractivity contribution in [1.82, 2.24) is 14.1 Å². The van der Waals surface area contributed by atoms with Gasteiger partial charge in [-0.3, -0.25) is 4.57 Å². The van der Waals surface area contributed by atoms with Crippen LogP contribution in [0.25, 0.3) is 72.4 Å². The summed E-state index contributed by atoms with van der Waals surface area (Å²) >= 11 is 0. The summed E-state index contributed by atoms with van der Waals surface area (Å²) in [5.41, 5.74) is 18.0. The molecule has 3 aromatic heterocycles. The molecule has 0 N–H and O–H groups in total. The molecule has 0 saturated carbocycles. The van der Waals surface area contributed by atoms with Crippen molar-refractivity contribution < 1.29 is 39.8 Å². The zero-order chi connectivity index (χ0) is 59.6. The Hall–Kier alpha value is -8.71. The van der Waals surface area contributed by atoms with Gasteiger partial charge in [0.25, 0.3) is 13.0 Å². The van der Waals surface area contributed by atoms with E-state index in [-0.39, 0.29) is 49.4 Å². The minimum atomic E-state index is -0.218. The Kier molecular flexibility index (Phi) is 14.1. The first kappa shape index (κ1) is 57.4. The van der Waals surface area contributed by atoms with Crippen LogP contribution >= 0.6 is 0 Å². The second kappa shape index (κ2) is 21.3. The van der Waals surface area contributed by atoms with Gasteiger partial charge in [0, 0.05) is 62.1 Å². The van der Waals surface area contributed by atoms with E-state index in [1.54, 1.807) is 0 Å². The van der Waals surface area contributed by atoms with E-state index in [1.807, 2.05) is 23.0 Å². The molecule has 0 unspecified atom stereocenters. The van der Waals surface area contributed by atoms with Gasteiger partial charge < -0.3 is 23.3 Å². The number of para-hydroxylation sites is 1. The number of ether oxygens (including phenoxy) is 3. The van der Waals surface area contributed by atoms with Crippen molar-refractivity contribution in [2.24, 2.45) is 0 Å². The van der Waals surface area contributed by atoms with Crippen LogP contribution in [-0.2, 0) is 42.7 Å². The van der Waals surface area contributed by atoms with Gasteiger partial charge in [-0.1, -0.05) is 204 Å². The number of hydrogen-bond donors (Lipinski definition) is 0. The molecular formula is C78H69BN4O3Pt-2. The fraction of sp³-hybridized carbons (Fsp3) is 0.205. The minimum absolute atomic E-state index is 0. The average molecular weight is 1320 g/mol. The van der Waals surface area contributed by atoms with Crippen LogP contribution in [0.1, 0.15) is 105 Å². The van der Waals surface area contributed by atoms with E-state index in [9.17, 15) is 0 Å². The van der Waals surface area contributed by atoms with Crippen molar-refractivity contribution >= 4 is 44.9 Å². The van der Waals surface area contributed by atoms with Crippen LogP contribution in [-0.4, -0.2) is 20.8 Å². The van der Waals surface area contributed by atoms with Gasteiger partial charge in [0.05, 0.1) is 5.69 Å². The molecule has 14 rings (SSSR count). The van der Waals surface area contributed by atoms with E-state index in [1.165, 1.54) is 27.6 Å². The van der Waals surface area contributed by atoms with Gasteiger partial charge in [-0.15, -0.1) is 29.7 Å². The molecule has 12 aromatic rings. The predicted octanol–water partition coefficient (Wildman–Crippen LogP) is 17.4. The van der Waals surface area contributed by atoms with E-state index in [0.717, 1.165) is 106 Å². The van der Waals surface area contributed by atoms with Crippen LogP contribution in [0.5, 0.6) is 34.5 Å². The number of aromatic nitrogens is 4. The molecule has 0 atom stereocenters. The second-order valence-corrected chi connectivity index (χ2v) is 27.4. The third kappa shape index (κ3) is 10.5. The number of imidazole rings is 1. The van der Waals surface area contributed by atoms with Crippen LogP contribution in [0.2, 0.25) is 0 Å². The fourth-order valence-corrected chi connectivity index (χ4v) is 12.4. The topological polar surface area (TPSA) is 54.3 Å². The van der Waals surface area contributed by atoms with Crippen LogP contribution in [0, 0.1) is 18.5 Å². The molecule has 0 bridgehead atoms. The van der Waals surface area contributed by atoms with Crippen molar-refractivity contribution in [1.29, 1.82) is 0 Å². The van der Waals surface area contributed by atoms with Gasteiger partial charge in [-0.05, 0) is 136 Å². The van der Waals surface area contributed by atoms with Gasteiger partial charge in [0.2, 0.25) is 0 Å². The summed E-state index contributed by atoms with van der Waals surface area (Å²) < 4.78 is 27.3. The van der Waals surface area contributed by atoms with Crippen LogP contribution < -0.4 is 35.2 Å². The summed E-state index contributed by atoms with van der Waals surface area (Å²) in [7, 11) is 0. The first-order valence-corrected chi connectivity index (χ1v) is 29.9. The molecule has 87 heavy (non-hydrogen) atoms. The molecule has 0 amide bonds. The molecule has 0 spiro atoms. The molecule has 0 fully saturated rings. The third-order valence-electron chi connectivity index (χ3n) is 17.2. The monoisotopic (exact) mass is 1320 g/mol. The summed E-state index contributed by atoms with van der Waals surface area (Å²) in [6, 6.07) is 72.3. The third-order valence-corrected chi connectivity index (χ3v) is 17.2. The SMILES string of the molecule is CC(C)(C)c1cc(Oc2[c-]c3c(cc2)c2cc(-c4cc5c6c(c4)Oc4ccc(C(C)(C)C)cc4B6c4cc(C(C)(C)C)ccc4O5)ccc2n3-c2cc(C(C)(C)C)ccn2)[c-]c(-n2[c-][n+](-c3c(-c4ccccc4)cccc3-c3ccccc3)cc2)c1.[Pt]. The maximum absolute atomic E-state index is 6.99. The maximum atomic E-state index is 6.99. The summed E-state index contributed by atoms with van der Waals surface area (Å²) in [5, 5.41) is 2.07. The van der Waals surface area contributed by atoms with Gasteiger partial charge in [0.1, 0.15) is 28.8 Å². The summed E-state index contributed by atoms with van der Waals surface area (Å²) in [5.74, 6) is 5.29. The van der Waals surface area contributed by atoms with Crippen molar-refractivity contribution in [3.8, 4) is 85.1 Å². The molecule has 2 aliphatic heterocycles. The van der Waals surface area contributed by atoms with Crippen molar-refractivity contribution in [2.45, 2.75) is 105 Å². The molecule has 5 heterocycles. The molecular weight excluding hydrogens is 1250 g/mol. The number of pyridine rings is 1. The Morgan fingerprint density at radius 3 is 1.66 bits per heavy atom. The number of nitrogens with zero attached hydrogens (tertiary/aromatic N) is 4. The number of fused-ring (bicyclic) bond motifs is 7. The predicted molar refractivity (Wildman–Crippen MR) is 351 cm³/mol. The minimum Gasteiger partial charge on any atom is -0.510 e. The number of hydrogen-bond acceptors (Lipinski definition) is 4. The van der Waals surface area contributed by atoms with Gasteiger partial charge in [-0.25, -0.2) is 4.98 Å². The number of benzene rings is 9. The Morgan fingerprint density at radius 2 is 1.07 bits per heavy atom. The molecule has 0 saturated heterocycles. The van der Waals surface area contributed by atoms with Crippen LogP contribution in [0.3, 0.4) is 0 Å². The molecule has 0 radical (unpaired) electrons. The van der Waals surface area contributed by atoms with E-state index < -0.39 is 0 Å². The van der Waals surface area contributed by atoms with E-state index in [2.05, 4.69) is 293 Å². The second-order valence-electron chi connectivity index (χ2n) is 27.4. The Labute approximate surface area is 526 Å². The Bertz CT molecular complexity index is 4520. The summed E-state index contributed by atoms with van der Waals surface area (Å²) in [4.78, 5) is 5.06. The smallest absolute Gasteiger partial charge is 0.267 e. The van der Waals surface area contributed by atoms with Crippen LogP contribution in [0.4, 0.5) is 0 Å². The van der Waals surface area contributed by atoms with Gasteiger partial charge in [0.15, 0.2) is 0 Å². The van der Waals surface area contributed by atoms with E-state index in [4.69, 9.17) is 19.2 Å². The first-order chi connectivity index (χ1) is 41.1. The molecule has 0 aliphatic carbocycles. The normalized spacial score (nSPS) is 12.9. The molecule has 434 valence electrons. The molecule has 2 aliphatic rings. The summed E-state index contributed by atoms with van der Waals surface area (Å²) in [6.07, 6.45) is 9.72. The van der Waals surface area contributed by atoms with Crippen LogP contribution in [0.15, 0.2) is 201 Å². The standard InChI is InChI=1S/C78H69BN4O3.Pt/c1-75(2,3)53-27-32-68-64(43-53)79-65-44-54(76(4,5)6)28-33-69(65)86-71-40-52(39-70(85-68)73(71)79)51-26-31-66-63(38-51)62-30-29-58(47-67(62)83(66)72-45-55(34-35-80-72)77(7,8)9)84-59-42-56(78(10,11)12)41-57(46-59)81-36-37-82(48-81)74-60(49-20-15-13-16-21-49)24-19-25-61(74)50-22-17-14-18-23-50;/h13-45H,1-12H3;/q-2;. The zero-order valence-corrected chi connectivity index (χ0v) is 53.7. The Morgan fingerprint density at radius 1 is 0.483 bits per heavy atom. The van der Waals surface area contributed by atoms with E-state index >= 15 is 0 Å². The quantitative estimate of drug-likeness (QED) is 0.0864. The fourth-order valence-electron chi connectivity index (χ4n) is 12.4. The molecule has 9 aromatic carbocycles. The average Bonchev–Trinajstić information content (AvgIpc) is 1.54. The van der Waals surface area contributed by atoms with Crippen molar-refractivity contribution in [2.75, 3.05) is 0 Å². The van der Waals surface area contributed by atoms with Gasteiger partial charge in [-0.2, -0.15) is 17.7 Å². The maximum Gasteiger partial charge on any atom is 0.267 e. The zero-order valence-electron chi connectivity index (χ0n) is 51.5. The van der Waals surface area contributed by atoms with Gasteiger partial charge >= 0.3 is 0 Å². The first-order valence-electron chi connectivity index (χ1n) is 29.9. The number of rotatable bonds is 8. The van der Waals surface area contributed by atoms with Crippen molar-refractivity contribution in [3.63, 3.8) is 0 Å². The van der Waals surface area contributed by atoms with E-state index in [0.29, 0.717) is 11.5 Å². The summed E-state index contributed by atoms with van der Waals surface area (Å²) in [6.45, 7) is 26.9. The Balaban J connectivity index is 0.00000700. The van der Waals surface area contributed by atoms with Crippen molar-refractivity contribution in [3.05, 3.63) is 241 Å². The molecule has 7 nitrogen and oxygen atoms in total.